The predicted molar refractivity (Wildman–Crippen MR) is 87.0 cm³/mol. The van der Waals surface area contributed by atoms with Crippen molar-refractivity contribution in [2.75, 3.05) is 6.54 Å². The molecule has 1 aromatic carbocycles. The molecule has 0 atom stereocenters. The number of aromatic nitrogens is 2. The van der Waals surface area contributed by atoms with Crippen LogP contribution in [0.3, 0.4) is 0 Å². The van der Waals surface area contributed by atoms with Crippen molar-refractivity contribution in [2.45, 2.75) is 13.0 Å². The van der Waals surface area contributed by atoms with E-state index in [0.29, 0.717) is 17.4 Å². The molecule has 0 spiro atoms. The second-order valence-corrected chi connectivity index (χ2v) is 5.71. The van der Waals surface area contributed by atoms with Gasteiger partial charge in [0.1, 0.15) is 6.54 Å². The molecule has 0 saturated heterocycles. The van der Waals surface area contributed by atoms with Gasteiger partial charge in [0.2, 0.25) is 5.91 Å². The Morgan fingerprint density at radius 1 is 1.27 bits per heavy atom. The Kier molecular flexibility index (Phi) is 4.29. The van der Waals surface area contributed by atoms with E-state index in [2.05, 4.69) is 15.7 Å². The maximum Gasteiger partial charge on any atom is 0.261 e. The van der Waals surface area contributed by atoms with Gasteiger partial charge in [-0.15, -0.1) is 0 Å². The van der Waals surface area contributed by atoms with Crippen molar-refractivity contribution in [3.05, 3.63) is 63.3 Å². The predicted octanol–water partition coefficient (Wildman–Crippen LogP) is 1.82. The van der Waals surface area contributed by atoms with Crippen LogP contribution in [-0.2, 0) is 17.8 Å². The standard InChI is InChI=1S/C16H15N3O2S/c20-15(17-7-5-12-6-8-22-10-12)9-19-11-18-14-4-2-1-3-13(14)16(19)21/h1-4,6,8,10-11H,5,7,9H2,(H,17,20). The minimum Gasteiger partial charge on any atom is -0.354 e. The van der Waals surface area contributed by atoms with Gasteiger partial charge in [0.05, 0.1) is 17.2 Å². The largest absolute Gasteiger partial charge is 0.354 e. The number of amides is 1. The second-order valence-electron chi connectivity index (χ2n) is 4.93. The quantitative estimate of drug-likeness (QED) is 0.781. The lowest BCUT2D eigenvalue weighted by molar-refractivity contribution is -0.121. The number of rotatable bonds is 5. The minimum absolute atomic E-state index is 0.0136. The van der Waals surface area contributed by atoms with E-state index in [-0.39, 0.29) is 18.0 Å². The molecule has 5 nitrogen and oxygen atoms in total. The van der Waals surface area contributed by atoms with E-state index in [1.54, 1.807) is 29.5 Å². The summed E-state index contributed by atoms with van der Waals surface area (Å²) in [6.45, 7) is 0.547. The van der Waals surface area contributed by atoms with E-state index in [1.807, 2.05) is 17.5 Å². The highest BCUT2D eigenvalue weighted by molar-refractivity contribution is 7.07. The highest BCUT2D eigenvalue weighted by Gasteiger charge is 2.07. The number of carbonyl (C=O) groups is 1. The maximum absolute atomic E-state index is 12.3. The first-order chi connectivity index (χ1) is 10.7. The monoisotopic (exact) mass is 313 g/mol. The van der Waals surface area contributed by atoms with Gasteiger partial charge in [0, 0.05) is 6.54 Å². The molecule has 112 valence electrons. The first kappa shape index (κ1) is 14.5. The summed E-state index contributed by atoms with van der Waals surface area (Å²) < 4.78 is 1.34. The number of thiophene rings is 1. The van der Waals surface area contributed by atoms with Crippen molar-refractivity contribution >= 4 is 28.1 Å². The summed E-state index contributed by atoms with van der Waals surface area (Å²) in [5.74, 6) is -0.186. The summed E-state index contributed by atoms with van der Waals surface area (Å²) in [6.07, 6.45) is 2.21. The van der Waals surface area contributed by atoms with Crippen LogP contribution in [0.25, 0.3) is 10.9 Å². The molecular weight excluding hydrogens is 298 g/mol. The molecule has 22 heavy (non-hydrogen) atoms. The lowest BCUT2D eigenvalue weighted by atomic mass is 10.2. The van der Waals surface area contributed by atoms with E-state index in [1.165, 1.54) is 16.5 Å². The van der Waals surface area contributed by atoms with Gasteiger partial charge in [-0.05, 0) is 40.9 Å². The van der Waals surface area contributed by atoms with Crippen LogP contribution in [-0.4, -0.2) is 22.0 Å². The fourth-order valence-electron chi connectivity index (χ4n) is 2.21. The molecule has 1 amide bonds. The number of nitrogens with zero attached hydrogens (tertiary/aromatic N) is 2. The molecule has 0 saturated carbocycles. The smallest absolute Gasteiger partial charge is 0.261 e. The van der Waals surface area contributed by atoms with Gasteiger partial charge in [-0.25, -0.2) is 4.98 Å². The van der Waals surface area contributed by atoms with Gasteiger partial charge in [-0.1, -0.05) is 12.1 Å². The maximum atomic E-state index is 12.3. The molecule has 0 aliphatic heterocycles. The van der Waals surface area contributed by atoms with Crippen LogP contribution in [0.4, 0.5) is 0 Å². The fraction of sp³-hybridized carbons (Fsp3) is 0.188. The Bertz CT molecular complexity index is 840. The molecule has 0 radical (unpaired) electrons. The van der Waals surface area contributed by atoms with E-state index in [9.17, 15) is 9.59 Å². The summed E-state index contributed by atoms with van der Waals surface area (Å²) in [7, 11) is 0. The summed E-state index contributed by atoms with van der Waals surface area (Å²) in [6, 6.07) is 9.15. The summed E-state index contributed by atoms with van der Waals surface area (Å²) in [5.41, 5.74) is 1.65. The third-order valence-electron chi connectivity index (χ3n) is 3.36. The zero-order chi connectivity index (χ0) is 15.4. The number of hydrogen-bond acceptors (Lipinski definition) is 4. The van der Waals surface area contributed by atoms with Crippen LogP contribution in [0, 0.1) is 0 Å². The Hall–Kier alpha value is -2.47. The molecule has 1 N–H and O–H groups in total. The molecule has 3 aromatic rings. The summed E-state index contributed by atoms with van der Waals surface area (Å²) >= 11 is 1.64. The fourth-order valence-corrected chi connectivity index (χ4v) is 2.91. The van der Waals surface area contributed by atoms with E-state index >= 15 is 0 Å². The molecule has 6 heteroatoms. The molecule has 0 bridgehead atoms. The minimum atomic E-state index is -0.196. The molecular formula is C16H15N3O2S. The average molecular weight is 313 g/mol. The van der Waals surface area contributed by atoms with Crippen molar-refractivity contribution in [3.63, 3.8) is 0 Å². The van der Waals surface area contributed by atoms with Gasteiger partial charge >= 0.3 is 0 Å². The Morgan fingerprint density at radius 2 is 2.14 bits per heavy atom. The summed E-state index contributed by atoms with van der Waals surface area (Å²) in [4.78, 5) is 28.4. The molecule has 2 aromatic heterocycles. The first-order valence-corrected chi connectivity index (χ1v) is 7.90. The molecule has 2 heterocycles. The van der Waals surface area contributed by atoms with E-state index in [4.69, 9.17) is 0 Å². The van der Waals surface area contributed by atoms with Crippen LogP contribution in [0.15, 0.2) is 52.2 Å². The van der Waals surface area contributed by atoms with Crippen LogP contribution in [0.1, 0.15) is 5.56 Å². The molecule has 0 fully saturated rings. The highest BCUT2D eigenvalue weighted by atomic mass is 32.1. The van der Waals surface area contributed by atoms with E-state index in [0.717, 1.165) is 6.42 Å². The van der Waals surface area contributed by atoms with Crippen molar-refractivity contribution < 1.29 is 4.79 Å². The first-order valence-electron chi connectivity index (χ1n) is 6.96. The van der Waals surface area contributed by atoms with Gasteiger partial charge in [0.25, 0.3) is 5.56 Å². The van der Waals surface area contributed by atoms with Crippen LogP contribution < -0.4 is 10.9 Å². The molecule has 0 aliphatic rings. The topological polar surface area (TPSA) is 64.0 Å². The van der Waals surface area contributed by atoms with Gasteiger partial charge in [-0.3, -0.25) is 14.2 Å². The number of carbonyl (C=O) groups excluding carboxylic acids is 1. The Labute approximate surface area is 131 Å². The molecule has 3 rings (SSSR count). The Balaban J connectivity index is 1.64. The SMILES string of the molecule is O=C(Cn1cnc2ccccc2c1=O)NCCc1ccsc1. The number of para-hydroxylation sites is 1. The third-order valence-corrected chi connectivity index (χ3v) is 4.09. The van der Waals surface area contributed by atoms with Crippen LogP contribution in [0.5, 0.6) is 0 Å². The summed E-state index contributed by atoms with van der Waals surface area (Å²) in [5, 5.41) is 7.42. The number of hydrogen-bond donors (Lipinski definition) is 1. The lowest BCUT2D eigenvalue weighted by Gasteiger charge is -2.07. The Morgan fingerprint density at radius 3 is 2.95 bits per heavy atom. The molecule has 0 unspecified atom stereocenters. The zero-order valence-corrected chi connectivity index (χ0v) is 12.7. The zero-order valence-electron chi connectivity index (χ0n) is 11.9. The van der Waals surface area contributed by atoms with Gasteiger partial charge < -0.3 is 5.32 Å². The van der Waals surface area contributed by atoms with E-state index < -0.39 is 0 Å². The number of benzene rings is 1. The number of fused-ring (bicyclic) bond motifs is 1. The van der Waals surface area contributed by atoms with Crippen molar-refractivity contribution in [1.29, 1.82) is 0 Å². The lowest BCUT2D eigenvalue weighted by Crippen LogP contribution is -2.33. The van der Waals surface area contributed by atoms with Gasteiger partial charge in [-0.2, -0.15) is 11.3 Å². The van der Waals surface area contributed by atoms with Crippen molar-refractivity contribution in [2.24, 2.45) is 0 Å². The van der Waals surface area contributed by atoms with Crippen LogP contribution in [0.2, 0.25) is 0 Å². The second kappa shape index (κ2) is 6.53. The van der Waals surface area contributed by atoms with Gasteiger partial charge in [0.15, 0.2) is 0 Å². The van der Waals surface area contributed by atoms with Crippen LogP contribution >= 0.6 is 11.3 Å². The normalized spacial score (nSPS) is 10.7. The highest BCUT2D eigenvalue weighted by Crippen LogP contribution is 2.06. The average Bonchev–Trinajstić information content (AvgIpc) is 3.04. The van der Waals surface area contributed by atoms with Crippen molar-refractivity contribution in [3.8, 4) is 0 Å². The van der Waals surface area contributed by atoms with Crippen molar-refractivity contribution in [1.82, 2.24) is 14.9 Å². The third kappa shape index (κ3) is 3.23. The number of nitrogens with one attached hydrogen (secondary N) is 1. The molecule has 0 aliphatic carbocycles.